The average molecular weight is 274 g/mol. The van der Waals surface area contributed by atoms with Crippen LogP contribution >= 0.6 is 0 Å². The highest BCUT2D eigenvalue weighted by Crippen LogP contribution is 2.39. The standard InChI is InChI=1S/C17H22O3/c1-4-6-14-15(7-5-2)17(18)20-16(14)12-8-10-13(19-3)11-9-12/h8-11,16H,4-7H2,1-3H3. The maximum Gasteiger partial charge on any atom is 0.335 e. The molecule has 0 fully saturated rings. The van der Waals surface area contributed by atoms with E-state index in [0.717, 1.165) is 48.1 Å². The van der Waals surface area contributed by atoms with Gasteiger partial charge < -0.3 is 9.47 Å². The Morgan fingerprint density at radius 3 is 2.30 bits per heavy atom. The third kappa shape index (κ3) is 2.87. The first kappa shape index (κ1) is 14.6. The van der Waals surface area contributed by atoms with E-state index in [1.807, 2.05) is 24.3 Å². The summed E-state index contributed by atoms with van der Waals surface area (Å²) in [5, 5.41) is 0. The smallest absolute Gasteiger partial charge is 0.335 e. The summed E-state index contributed by atoms with van der Waals surface area (Å²) in [5.74, 6) is 0.670. The maximum atomic E-state index is 12.1. The molecule has 1 aromatic carbocycles. The second-order valence-corrected chi connectivity index (χ2v) is 5.06. The summed E-state index contributed by atoms with van der Waals surface area (Å²) in [5.41, 5.74) is 3.06. The zero-order chi connectivity index (χ0) is 14.5. The van der Waals surface area contributed by atoms with Gasteiger partial charge in [-0.1, -0.05) is 38.8 Å². The third-order valence-electron chi connectivity index (χ3n) is 3.61. The normalized spacial score (nSPS) is 18.4. The molecule has 0 saturated carbocycles. The number of ether oxygens (including phenoxy) is 2. The third-order valence-corrected chi connectivity index (χ3v) is 3.61. The Hall–Kier alpha value is -1.77. The monoisotopic (exact) mass is 274 g/mol. The molecule has 0 N–H and O–H groups in total. The van der Waals surface area contributed by atoms with E-state index in [2.05, 4.69) is 13.8 Å². The van der Waals surface area contributed by atoms with E-state index >= 15 is 0 Å². The van der Waals surface area contributed by atoms with Crippen molar-refractivity contribution in [1.29, 1.82) is 0 Å². The van der Waals surface area contributed by atoms with Crippen LogP contribution in [0.3, 0.4) is 0 Å². The molecule has 2 rings (SSSR count). The summed E-state index contributed by atoms with van der Waals surface area (Å²) in [6.07, 6.45) is 3.49. The molecule has 3 nitrogen and oxygen atoms in total. The minimum Gasteiger partial charge on any atom is -0.497 e. The summed E-state index contributed by atoms with van der Waals surface area (Å²) < 4.78 is 10.8. The van der Waals surface area contributed by atoms with Gasteiger partial charge in [0, 0.05) is 5.57 Å². The number of hydrogen-bond donors (Lipinski definition) is 0. The number of benzene rings is 1. The molecule has 3 heteroatoms. The van der Waals surface area contributed by atoms with Crippen LogP contribution < -0.4 is 4.74 Å². The van der Waals surface area contributed by atoms with Crippen LogP contribution in [-0.2, 0) is 9.53 Å². The van der Waals surface area contributed by atoms with Crippen molar-refractivity contribution >= 4 is 5.97 Å². The quantitative estimate of drug-likeness (QED) is 0.730. The Bertz CT molecular complexity index is 499. The molecule has 1 aromatic rings. The first-order valence-corrected chi connectivity index (χ1v) is 7.28. The van der Waals surface area contributed by atoms with Crippen molar-refractivity contribution in [3.8, 4) is 5.75 Å². The van der Waals surface area contributed by atoms with E-state index in [1.165, 1.54) is 0 Å². The average Bonchev–Trinajstić information content (AvgIpc) is 2.77. The maximum absolute atomic E-state index is 12.1. The molecule has 1 heterocycles. The SMILES string of the molecule is CCCC1=C(CCC)C(c2ccc(OC)cc2)OC1=O. The topological polar surface area (TPSA) is 35.5 Å². The van der Waals surface area contributed by atoms with Crippen molar-refractivity contribution in [3.05, 3.63) is 41.0 Å². The highest BCUT2D eigenvalue weighted by molar-refractivity contribution is 5.92. The van der Waals surface area contributed by atoms with Gasteiger partial charge in [0.1, 0.15) is 11.9 Å². The predicted octanol–water partition coefficient (Wildman–Crippen LogP) is 4.19. The van der Waals surface area contributed by atoms with Gasteiger partial charge in [0.2, 0.25) is 0 Å². The molecular formula is C17H22O3. The minimum absolute atomic E-state index is 0.142. The summed E-state index contributed by atoms with van der Waals surface area (Å²) in [7, 11) is 1.65. The van der Waals surface area contributed by atoms with Gasteiger partial charge in [0.05, 0.1) is 7.11 Å². The van der Waals surface area contributed by atoms with Gasteiger partial charge in [0.15, 0.2) is 0 Å². The lowest BCUT2D eigenvalue weighted by Gasteiger charge is -2.14. The Balaban J connectivity index is 2.32. The number of cyclic esters (lactones) is 1. The van der Waals surface area contributed by atoms with Crippen LogP contribution in [0.15, 0.2) is 35.4 Å². The van der Waals surface area contributed by atoms with Crippen LogP contribution in [0.4, 0.5) is 0 Å². The molecule has 20 heavy (non-hydrogen) atoms. The molecule has 1 aliphatic heterocycles. The van der Waals surface area contributed by atoms with Crippen molar-refractivity contribution in [2.75, 3.05) is 7.11 Å². The molecule has 0 aliphatic carbocycles. The second-order valence-electron chi connectivity index (χ2n) is 5.06. The van der Waals surface area contributed by atoms with E-state index < -0.39 is 0 Å². The lowest BCUT2D eigenvalue weighted by Crippen LogP contribution is -2.03. The number of esters is 1. The Morgan fingerprint density at radius 1 is 1.10 bits per heavy atom. The molecule has 0 radical (unpaired) electrons. The van der Waals surface area contributed by atoms with Crippen molar-refractivity contribution < 1.29 is 14.3 Å². The highest BCUT2D eigenvalue weighted by atomic mass is 16.5. The minimum atomic E-state index is -0.213. The molecule has 0 amide bonds. The van der Waals surface area contributed by atoms with Gasteiger partial charge in [-0.15, -0.1) is 0 Å². The molecule has 0 saturated heterocycles. The van der Waals surface area contributed by atoms with Gasteiger partial charge in [0.25, 0.3) is 0 Å². The van der Waals surface area contributed by atoms with Crippen molar-refractivity contribution in [2.45, 2.75) is 45.6 Å². The van der Waals surface area contributed by atoms with E-state index in [0.29, 0.717) is 0 Å². The molecular weight excluding hydrogens is 252 g/mol. The van der Waals surface area contributed by atoms with E-state index in [-0.39, 0.29) is 12.1 Å². The number of rotatable bonds is 6. The van der Waals surface area contributed by atoms with Crippen LogP contribution in [0.5, 0.6) is 5.75 Å². The van der Waals surface area contributed by atoms with Crippen LogP contribution in [0.25, 0.3) is 0 Å². The fourth-order valence-corrected chi connectivity index (χ4v) is 2.65. The highest BCUT2D eigenvalue weighted by Gasteiger charge is 2.33. The van der Waals surface area contributed by atoms with E-state index in [1.54, 1.807) is 7.11 Å². The number of carbonyl (C=O) groups is 1. The first-order valence-electron chi connectivity index (χ1n) is 7.28. The van der Waals surface area contributed by atoms with Crippen molar-refractivity contribution in [1.82, 2.24) is 0 Å². The van der Waals surface area contributed by atoms with Gasteiger partial charge >= 0.3 is 5.97 Å². The fraction of sp³-hybridized carbons (Fsp3) is 0.471. The fourth-order valence-electron chi connectivity index (χ4n) is 2.65. The summed E-state index contributed by atoms with van der Waals surface area (Å²) in [6, 6.07) is 7.76. The summed E-state index contributed by atoms with van der Waals surface area (Å²) >= 11 is 0. The molecule has 1 unspecified atom stereocenters. The summed E-state index contributed by atoms with van der Waals surface area (Å²) in [6.45, 7) is 4.22. The molecule has 1 aliphatic rings. The second kappa shape index (κ2) is 6.60. The van der Waals surface area contributed by atoms with Gasteiger partial charge in [-0.25, -0.2) is 4.79 Å². The zero-order valence-corrected chi connectivity index (χ0v) is 12.4. The van der Waals surface area contributed by atoms with Crippen molar-refractivity contribution in [2.24, 2.45) is 0 Å². The predicted molar refractivity (Wildman–Crippen MR) is 78.7 cm³/mol. The van der Waals surface area contributed by atoms with Crippen LogP contribution in [0.2, 0.25) is 0 Å². The van der Waals surface area contributed by atoms with E-state index in [4.69, 9.17) is 9.47 Å². The van der Waals surface area contributed by atoms with Gasteiger partial charge in [-0.2, -0.15) is 0 Å². The molecule has 108 valence electrons. The lowest BCUT2D eigenvalue weighted by atomic mass is 9.94. The lowest BCUT2D eigenvalue weighted by molar-refractivity contribution is -0.140. The number of carbonyl (C=O) groups excluding carboxylic acids is 1. The van der Waals surface area contributed by atoms with Crippen LogP contribution in [-0.4, -0.2) is 13.1 Å². The summed E-state index contributed by atoms with van der Waals surface area (Å²) in [4.78, 5) is 12.1. The molecule has 0 aromatic heterocycles. The molecule has 0 spiro atoms. The van der Waals surface area contributed by atoms with Crippen LogP contribution in [0, 0.1) is 0 Å². The Morgan fingerprint density at radius 2 is 1.75 bits per heavy atom. The molecule has 1 atom stereocenters. The largest absolute Gasteiger partial charge is 0.497 e. The number of hydrogen-bond acceptors (Lipinski definition) is 3. The zero-order valence-electron chi connectivity index (χ0n) is 12.4. The first-order chi connectivity index (χ1) is 9.71. The molecule has 0 bridgehead atoms. The Kier molecular flexibility index (Phi) is 4.83. The Labute approximate surface area is 120 Å². The number of methoxy groups -OCH3 is 1. The van der Waals surface area contributed by atoms with Gasteiger partial charge in [-0.3, -0.25) is 0 Å². The van der Waals surface area contributed by atoms with Crippen molar-refractivity contribution in [3.63, 3.8) is 0 Å². The van der Waals surface area contributed by atoms with Gasteiger partial charge in [-0.05, 0) is 36.1 Å². The van der Waals surface area contributed by atoms with E-state index in [9.17, 15) is 4.79 Å². The van der Waals surface area contributed by atoms with Crippen LogP contribution in [0.1, 0.15) is 51.2 Å².